The van der Waals surface area contributed by atoms with Crippen molar-refractivity contribution in [3.63, 3.8) is 0 Å². The van der Waals surface area contributed by atoms with Crippen LogP contribution in [-0.2, 0) is 22.6 Å². The fourth-order valence-corrected chi connectivity index (χ4v) is 6.20. The van der Waals surface area contributed by atoms with Crippen molar-refractivity contribution in [2.24, 2.45) is 0 Å². The lowest BCUT2D eigenvalue weighted by atomic mass is 10.0. The van der Waals surface area contributed by atoms with Gasteiger partial charge in [0.1, 0.15) is 24.4 Å². The number of anilines is 2. The Labute approximate surface area is 234 Å². The molecule has 0 atom stereocenters. The number of ether oxygens (including phenoxy) is 1. The molecular weight excluding hydrogens is 598 g/mol. The number of carboxylic acid groups (broad SMARTS) is 1. The Morgan fingerprint density at radius 2 is 2.11 bits per heavy atom. The number of hydrogen-bond acceptors (Lipinski definition) is 10. The van der Waals surface area contributed by atoms with Gasteiger partial charge in [-0.05, 0) is 43.4 Å². The van der Waals surface area contributed by atoms with Gasteiger partial charge in [-0.25, -0.2) is 14.6 Å². The highest BCUT2D eigenvalue weighted by Crippen LogP contribution is 2.31. The van der Waals surface area contributed by atoms with Crippen molar-refractivity contribution in [1.29, 1.82) is 0 Å². The first-order valence-electron chi connectivity index (χ1n) is 11.2. The predicted molar refractivity (Wildman–Crippen MR) is 151 cm³/mol. The minimum absolute atomic E-state index is 0.00681. The first-order chi connectivity index (χ1) is 17.8. The van der Waals surface area contributed by atoms with Crippen LogP contribution < -0.4 is 10.1 Å². The maximum absolute atomic E-state index is 13.1. The Morgan fingerprint density at radius 1 is 1.27 bits per heavy atom. The quantitative estimate of drug-likeness (QED) is 0.146. The number of nitrogens with one attached hydrogen (secondary N) is 1. The van der Waals surface area contributed by atoms with E-state index in [2.05, 4.69) is 36.3 Å². The SMILES string of the molecule is CCOc1cc2ncnc(Nc3cccc(Br)c3)c2cc1CC(=O)Cn1nc(SCCC(=O)O)sc1=S. The van der Waals surface area contributed by atoms with E-state index in [-0.39, 0.29) is 25.2 Å². The van der Waals surface area contributed by atoms with E-state index in [1.165, 1.54) is 34.1 Å². The zero-order chi connectivity index (χ0) is 26.4. The molecule has 2 heterocycles. The summed E-state index contributed by atoms with van der Waals surface area (Å²) in [6.45, 7) is 2.33. The largest absolute Gasteiger partial charge is 0.494 e. The lowest BCUT2D eigenvalue weighted by Crippen LogP contribution is -2.14. The number of carboxylic acids is 1. The number of aliphatic carboxylic acids is 1. The molecule has 0 saturated heterocycles. The third-order valence-electron chi connectivity index (χ3n) is 5.05. The van der Waals surface area contributed by atoms with Crippen LogP contribution in [0.3, 0.4) is 0 Å². The summed E-state index contributed by atoms with van der Waals surface area (Å²) < 4.78 is 9.35. The first-order valence-corrected chi connectivity index (χ1v) is 14.2. The number of rotatable bonds is 12. The smallest absolute Gasteiger partial charge is 0.304 e. The fourth-order valence-electron chi connectivity index (χ4n) is 3.47. The van der Waals surface area contributed by atoms with Crippen LogP contribution in [0, 0.1) is 3.95 Å². The highest BCUT2D eigenvalue weighted by molar-refractivity contribution is 9.10. The summed E-state index contributed by atoms with van der Waals surface area (Å²) in [6, 6.07) is 11.4. The highest BCUT2D eigenvalue weighted by Gasteiger charge is 2.16. The van der Waals surface area contributed by atoms with Gasteiger partial charge in [0.2, 0.25) is 0 Å². The number of nitrogens with zero attached hydrogens (tertiary/aromatic N) is 4. The van der Waals surface area contributed by atoms with Crippen molar-refractivity contribution in [2.45, 2.75) is 30.6 Å². The van der Waals surface area contributed by atoms with E-state index in [4.69, 9.17) is 22.1 Å². The molecule has 0 aliphatic rings. The maximum atomic E-state index is 13.1. The molecule has 4 aromatic rings. The Kier molecular flexibility index (Phi) is 9.24. The molecule has 0 radical (unpaired) electrons. The van der Waals surface area contributed by atoms with E-state index in [0.29, 0.717) is 43.3 Å². The van der Waals surface area contributed by atoms with Crippen LogP contribution in [0.25, 0.3) is 10.9 Å². The number of benzene rings is 2. The molecule has 2 aromatic heterocycles. The molecule has 0 bridgehead atoms. The number of hydrogen-bond donors (Lipinski definition) is 2. The number of thioether (sulfide) groups is 1. The number of Topliss-reactive ketones (excluding diaryl/α,β-unsaturated/α-hetero) is 1. The summed E-state index contributed by atoms with van der Waals surface area (Å²) in [5.74, 6) is 0.624. The van der Waals surface area contributed by atoms with Crippen LogP contribution in [0.1, 0.15) is 18.9 Å². The van der Waals surface area contributed by atoms with E-state index in [0.717, 1.165) is 15.5 Å². The maximum Gasteiger partial charge on any atom is 0.304 e. The third-order valence-corrected chi connectivity index (χ3v) is 7.98. The molecule has 0 aliphatic carbocycles. The van der Waals surface area contributed by atoms with Gasteiger partial charge in [-0.2, -0.15) is 5.10 Å². The Morgan fingerprint density at radius 3 is 2.86 bits per heavy atom. The molecule has 2 N–H and O–H groups in total. The number of halogens is 1. The zero-order valence-electron chi connectivity index (χ0n) is 19.6. The summed E-state index contributed by atoms with van der Waals surface area (Å²) >= 11 is 11.4. The average molecular weight is 621 g/mol. The van der Waals surface area contributed by atoms with Crippen LogP contribution in [0.15, 0.2) is 51.5 Å². The van der Waals surface area contributed by atoms with Gasteiger partial charge in [0.05, 0.1) is 18.5 Å². The summed E-state index contributed by atoms with van der Waals surface area (Å²) in [7, 11) is 0. The standard InChI is InChI=1S/C24H22BrN5O4S3/c1-2-34-20-11-19-18(22(27-13-26-19)28-16-5-3-4-15(25)10-16)9-14(20)8-17(31)12-30-24(35)37-23(29-30)36-7-6-21(32)33/h3-5,9-11,13H,2,6-8,12H2,1H3,(H,32,33)(H,26,27,28). The Bertz CT molecular complexity index is 1510. The molecular formula is C24H22BrN5O4S3. The van der Waals surface area contributed by atoms with Gasteiger partial charge in [0.15, 0.2) is 14.1 Å². The highest BCUT2D eigenvalue weighted by atomic mass is 79.9. The normalized spacial score (nSPS) is 11.0. The molecule has 0 spiro atoms. The predicted octanol–water partition coefficient (Wildman–Crippen LogP) is 5.90. The van der Waals surface area contributed by atoms with Gasteiger partial charge in [-0.3, -0.25) is 9.59 Å². The molecule has 4 rings (SSSR count). The zero-order valence-corrected chi connectivity index (χ0v) is 23.7. The summed E-state index contributed by atoms with van der Waals surface area (Å²) in [5.41, 5.74) is 2.26. The van der Waals surface area contributed by atoms with Crippen molar-refractivity contribution in [3.8, 4) is 5.75 Å². The van der Waals surface area contributed by atoms with Gasteiger partial charge in [0, 0.05) is 39.3 Å². The second kappa shape index (κ2) is 12.6. The lowest BCUT2D eigenvalue weighted by Gasteiger charge is -2.14. The van der Waals surface area contributed by atoms with Gasteiger partial charge in [-0.15, -0.1) is 0 Å². The fraction of sp³-hybridized carbons (Fsp3) is 0.250. The van der Waals surface area contributed by atoms with Crippen molar-refractivity contribution in [1.82, 2.24) is 19.7 Å². The molecule has 0 amide bonds. The summed E-state index contributed by atoms with van der Waals surface area (Å²) in [6.07, 6.45) is 1.62. The van der Waals surface area contributed by atoms with E-state index in [1.807, 2.05) is 43.3 Å². The number of carbonyl (C=O) groups is 2. The van der Waals surface area contributed by atoms with Crippen molar-refractivity contribution in [3.05, 3.63) is 56.7 Å². The number of ketones is 1. The lowest BCUT2D eigenvalue weighted by molar-refractivity contribution is -0.136. The minimum Gasteiger partial charge on any atom is -0.494 e. The van der Waals surface area contributed by atoms with Crippen LogP contribution in [0.5, 0.6) is 5.75 Å². The molecule has 0 saturated carbocycles. The topological polar surface area (TPSA) is 119 Å². The molecule has 13 heteroatoms. The summed E-state index contributed by atoms with van der Waals surface area (Å²) in [4.78, 5) is 32.6. The second-order valence-corrected chi connectivity index (χ2v) is 11.6. The first kappa shape index (κ1) is 27.2. The van der Waals surface area contributed by atoms with Crippen LogP contribution in [-0.4, -0.2) is 49.0 Å². The van der Waals surface area contributed by atoms with Crippen molar-refractivity contribution >= 4 is 85.4 Å². The number of carbonyl (C=O) groups excluding carboxylic acids is 1. The molecule has 0 aliphatic heterocycles. The van der Waals surface area contributed by atoms with E-state index >= 15 is 0 Å². The Hall–Kier alpha value is -2.87. The van der Waals surface area contributed by atoms with Gasteiger partial charge >= 0.3 is 5.97 Å². The van der Waals surface area contributed by atoms with Crippen molar-refractivity contribution < 1.29 is 19.4 Å². The van der Waals surface area contributed by atoms with Crippen LogP contribution >= 0.6 is 51.2 Å². The van der Waals surface area contributed by atoms with Crippen LogP contribution in [0.2, 0.25) is 0 Å². The summed E-state index contributed by atoms with van der Waals surface area (Å²) in [5, 5.41) is 17.3. The molecule has 2 aromatic carbocycles. The average Bonchev–Trinajstić information content (AvgIpc) is 3.18. The van der Waals surface area contributed by atoms with Crippen LogP contribution in [0.4, 0.5) is 11.5 Å². The van der Waals surface area contributed by atoms with E-state index in [9.17, 15) is 9.59 Å². The monoisotopic (exact) mass is 619 g/mol. The second-order valence-electron chi connectivity index (χ2n) is 7.77. The van der Waals surface area contributed by atoms with E-state index < -0.39 is 5.97 Å². The van der Waals surface area contributed by atoms with Gasteiger partial charge in [-0.1, -0.05) is 45.1 Å². The number of aromatic nitrogens is 4. The molecule has 0 unspecified atom stereocenters. The van der Waals surface area contributed by atoms with Crippen molar-refractivity contribution in [2.75, 3.05) is 17.7 Å². The van der Waals surface area contributed by atoms with Gasteiger partial charge in [0.25, 0.3) is 0 Å². The van der Waals surface area contributed by atoms with Gasteiger partial charge < -0.3 is 15.2 Å². The molecule has 9 nitrogen and oxygen atoms in total. The minimum atomic E-state index is -0.869. The Balaban J connectivity index is 1.57. The van der Waals surface area contributed by atoms with E-state index in [1.54, 1.807) is 0 Å². The third kappa shape index (κ3) is 7.34. The molecule has 192 valence electrons. The molecule has 0 fully saturated rings. The number of fused-ring (bicyclic) bond motifs is 1. The molecule has 37 heavy (non-hydrogen) atoms.